The molecule has 18 heavy (non-hydrogen) atoms. The van der Waals surface area contributed by atoms with Gasteiger partial charge in [-0.3, -0.25) is 0 Å². The molecule has 2 atom stereocenters. The van der Waals surface area contributed by atoms with Crippen LogP contribution in [-0.2, 0) is 18.9 Å². The third-order valence-electron chi connectivity index (χ3n) is 1.94. The second-order valence-corrected chi connectivity index (χ2v) is 3.55. The molecule has 0 aliphatic carbocycles. The van der Waals surface area contributed by atoms with Crippen molar-refractivity contribution >= 4 is 0 Å². The van der Waals surface area contributed by atoms with Crippen LogP contribution in [0.25, 0.3) is 0 Å². The third kappa shape index (κ3) is 12.0. The summed E-state index contributed by atoms with van der Waals surface area (Å²) in [4.78, 5) is 0. The van der Waals surface area contributed by atoms with E-state index in [4.69, 9.17) is 24.1 Å². The van der Waals surface area contributed by atoms with Crippen molar-refractivity contribution in [3.63, 3.8) is 0 Å². The summed E-state index contributed by atoms with van der Waals surface area (Å²) in [5.74, 6) is 0. The molecule has 0 saturated carbocycles. The van der Waals surface area contributed by atoms with Crippen LogP contribution in [0.1, 0.15) is 6.92 Å². The molecule has 0 fully saturated rings. The Kier molecular flexibility index (Phi) is 12.6. The summed E-state index contributed by atoms with van der Waals surface area (Å²) in [6, 6.07) is 0. The Balaban J connectivity index is 3.17. The highest BCUT2D eigenvalue weighted by molar-refractivity contribution is 4.75. The fourth-order valence-electron chi connectivity index (χ4n) is 1.03. The molecule has 0 saturated heterocycles. The topological polar surface area (TPSA) is 77.4 Å². The average molecular weight is 264 g/mol. The molecule has 0 aromatic heterocycles. The van der Waals surface area contributed by atoms with Crippen LogP contribution in [-0.4, -0.2) is 68.9 Å². The predicted molar refractivity (Wildman–Crippen MR) is 66.3 cm³/mol. The quantitative estimate of drug-likeness (QED) is 0.276. The molecule has 2 unspecified atom stereocenters. The third-order valence-corrected chi connectivity index (χ3v) is 1.94. The molecule has 0 spiro atoms. The van der Waals surface area contributed by atoms with Crippen molar-refractivity contribution in [2.75, 3.05) is 46.2 Å². The summed E-state index contributed by atoms with van der Waals surface area (Å²) >= 11 is 0. The van der Waals surface area contributed by atoms with Crippen LogP contribution in [0.3, 0.4) is 0 Å². The molecule has 0 aliphatic rings. The second kappa shape index (κ2) is 12.9. The van der Waals surface area contributed by atoms with Crippen LogP contribution in [0.5, 0.6) is 0 Å². The fraction of sp³-hybridized carbons (Fsp3) is 0.833. The van der Waals surface area contributed by atoms with Crippen molar-refractivity contribution in [2.24, 2.45) is 0 Å². The Hall–Kier alpha value is -0.500. The van der Waals surface area contributed by atoms with E-state index in [-0.39, 0.29) is 19.3 Å². The first-order valence-corrected chi connectivity index (χ1v) is 6.01. The van der Waals surface area contributed by atoms with Gasteiger partial charge >= 0.3 is 0 Å². The van der Waals surface area contributed by atoms with Crippen LogP contribution in [0.4, 0.5) is 0 Å². The smallest absolute Gasteiger partial charge is 0.178 e. The molecule has 0 aromatic rings. The zero-order valence-electron chi connectivity index (χ0n) is 10.9. The van der Waals surface area contributed by atoms with Crippen molar-refractivity contribution in [1.82, 2.24) is 0 Å². The summed E-state index contributed by atoms with van der Waals surface area (Å²) in [5, 5.41) is 17.8. The number of rotatable bonds is 13. The van der Waals surface area contributed by atoms with Gasteiger partial charge < -0.3 is 29.2 Å². The summed E-state index contributed by atoms with van der Waals surface area (Å²) < 4.78 is 20.4. The molecular weight excluding hydrogens is 240 g/mol. The van der Waals surface area contributed by atoms with E-state index in [0.29, 0.717) is 33.0 Å². The lowest BCUT2D eigenvalue weighted by Crippen LogP contribution is -2.24. The minimum atomic E-state index is -0.953. The lowest BCUT2D eigenvalue weighted by atomic mass is 10.4. The number of aliphatic hydroxyl groups excluding tert-OH is 2. The van der Waals surface area contributed by atoms with Gasteiger partial charge in [0, 0.05) is 0 Å². The molecule has 0 amide bonds. The van der Waals surface area contributed by atoms with Gasteiger partial charge in [0.15, 0.2) is 6.29 Å². The zero-order chi connectivity index (χ0) is 13.6. The molecule has 0 bridgehead atoms. The number of hydrogen-bond donors (Lipinski definition) is 2. The molecular formula is C12H24O6. The highest BCUT2D eigenvalue weighted by Crippen LogP contribution is 1.97. The number of hydrogen-bond acceptors (Lipinski definition) is 6. The average Bonchev–Trinajstić information content (AvgIpc) is 2.36. The van der Waals surface area contributed by atoms with E-state index in [0.717, 1.165) is 0 Å². The van der Waals surface area contributed by atoms with Gasteiger partial charge in [0.05, 0.1) is 52.4 Å². The summed E-state index contributed by atoms with van der Waals surface area (Å²) in [7, 11) is 0. The Morgan fingerprint density at radius 1 is 1.06 bits per heavy atom. The first-order chi connectivity index (χ1) is 8.70. The molecule has 6 heteroatoms. The maximum atomic E-state index is 9.37. The highest BCUT2D eigenvalue weighted by atomic mass is 16.6. The van der Waals surface area contributed by atoms with E-state index in [9.17, 15) is 5.11 Å². The largest absolute Gasteiger partial charge is 0.394 e. The van der Waals surface area contributed by atoms with Crippen LogP contribution in [0.15, 0.2) is 12.7 Å². The van der Waals surface area contributed by atoms with Crippen LogP contribution >= 0.6 is 0 Å². The molecule has 0 radical (unpaired) electrons. The van der Waals surface area contributed by atoms with Crippen molar-refractivity contribution in [2.45, 2.75) is 19.3 Å². The van der Waals surface area contributed by atoms with Crippen molar-refractivity contribution in [3.05, 3.63) is 12.7 Å². The van der Waals surface area contributed by atoms with E-state index in [1.165, 1.54) is 0 Å². The molecule has 2 N–H and O–H groups in total. The molecule has 0 heterocycles. The van der Waals surface area contributed by atoms with Gasteiger partial charge in [-0.1, -0.05) is 6.08 Å². The van der Waals surface area contributed by atoms with Gasteiger partial charge in [-0.25, -0.2) is 0 Å². The number of ether oxygens (including phenoxy) is 4. The standard InChI is InChI=1S/C12H24O6/c1-3-11(2)18-12(14)10-17-9-8-16-7-6-15-5-4-13/h3,11-14H,1,4-10H2,2H3. The van der Waals surface area contributed by atoms with Gasteiger partial charge in [0.1, 0.15) is 0 Å². The second-order valence-electron chi connectivity index (χ2n) is 3.55. The van der Waals surface area contributed by atoms with E-state index < -0.39 is 6.29 Å². The van der Waals surface area contributed by atoms with Gasteiger partial charge in [0.25, 0.3) is 0 Å². The Bertz CT molecular complexity index is 187. The normalized spacial score (nSPS) is 14.4. The minimum absolute atomic E-state index is 0.0180. The van der Waals surface area contributed by atoms with Crippen LogP contribution in [0.2, 0.25) is 0 Å². The molecule has 0 rings (SSSR count). The Morgan fingerprint density at radius 2 is 1.61 bits per heavy atom. The van der Waals surface area contributed by atoms with Crippen molar-refractivity contribution < 1.29 is 29.2 Å². The predicted octanol–water partition coefficient (Wildman–Crippen LogP) is -0.0620. The summed E-state index contributed by atoms with van der Waals surface area (Å²) in [5.41, 5.74) is 0. The Labute approximate surface area is 108 Å². The lowest BCUT2D eigenvalue weighted by molar-refractivity contribution is -0.154. The first kappa shape index (κ1) is 17.5. The highest BCUT2D eigenvalue weighted by Gasteiger charge is 2.07. The zero-order valence-corrected chi connectivity index (χ0v) is 10.9. The lowest BCUT2D eigenvalue weighted by Gasteiger charge is -2.15. The van der Waals surface area contributed by atoms with Crippen molar-refractivity contribution in [3.8, 4) is 0 Å². The Morgan fingerprint density at radius 3 is 2.17 bits per heavy atom. The molecule has 0 aliphatic heterocycles. The van der Waals surface area contributed by atoms with E-state index >= 15 is 0 Å². The monoisotopic (exact) mass is 264 g/mol. The van der Waals surface area contributed by atoms with Crippen LogP contribution in [0, 0.1) is 0 Å². The van der Waals surface area contributed by atoms with Gasteiger partial charge in [-0.2, -0.15) is 0 Å². The molecule has 108 valence electrons. The minimum Gasteiger partial charge on any atom is -0.394 e. The van der Waals surface area contributed by atoms with Gasteiger partial charge in [0.2, 0.25) is 0 Å². The summed E-state index contributed by atoms with van der Waals surface area (Å²) in [6.07, 6.45) is 0.438. The SMILES string of the molecule is C=CC(C)OC(O)COCCOCCOCCO. The molecule has 6 nitrogen and oxygen atoms in total. The van der Waals surface area contributed by atoms with E-state index in [1.807, 2.05) is 0 Å². The van der Waals surface area contributed by atoms with Crippen LogP contribution < -0.4 is 0 Å². The summed E-state index contributed by atoms with van der Waals surface area (Å²) in [6.45, 7) is 7.47. The van der Waals surface area contributed by atoms with E-state index in [1.54, 1.807) is 13.0 Å². The first-order valence-electron chi connectivity index (χ1n) is 6.01. The molecule has 0 aromatic carbocycles. The fourth-order valence-corrected chi connectivity index (χ4v) is 1.03. The van der Waals surface area contributed by atoms with Gasteiger partial charge in [-0.05, 0) is 6.92 Å². The maximum Gasteiger partial charge on any atom is 0.178 e. The van der Waals surface area contributed by atoms with Gasteiger partial charge in [-0.15, -0.1) is 6.58 Å². The maximum absolute atomic E-state index is 9.37. The van der Waals surface area contributed by atoms with Crippen molar-refractivity contribution in [1.29, 1.82) is 0 Å². The van der Waals surface area contributed by atoms with E-state index in [2.05, 4.69) is 6.58 Å². The number of aliphatic hydroxyl groups is 2.